The summed E-state index contributed by atoms with van der Waals surface area (Å²) in [6.45, 7) is 6.02. The van der Waals surface area contributed by atoms with Crippen molar-refractivity contribution in [2.24, 2.45) is 0 Å². The number of benzene rings is 3. The zero-order valence-corrected chi connectivity index (χ0v) is 22.0. The lowest BCUT2D eigenvalue weighted by Crippen LogP contribution is -2.14. The summed E-state index contributed by atoms with van der Waals surface area (Å²) in [7, 11) is 0. The third kappa shape index (κ3) is 5.62. The van der Waals surface area contributed by atoms with Crippen molar-refractivity contribution in [2.75, 3.05) is 5.32 Å². The minimum atomic E-state index is -0.498. The van der Waals surface area contributed by atoms with Crippen molar-refractivity contribution in [1.29, 1.82) is 10.5 Å². The molecular formula is C31H25ClN4O2. The second-order valence-corrected chi connectivity index (χ2v) is 9.16. The highest BCUT2D eigenvalue weighted by molar-refractivity contribution is 6.31. The van der Waals surface area contributed by atoms with Gasteiger partial charge in [0.05, 0.1) is 11.6 Å². The van der Waals surface area contributed by atoms with Crippen molar-refractivity contribution in [1.82, 2.24) is 4.57 Å². The number of carbonyl (C=O) groups is 1. The number of carbonyl (C=O) groups excluding carboxylic acids is 1. The fourth-order valence-electron chi connectivity index (χ4n) is 4.18. The first kappa shape index (κ1) is 26.3. The summed E-state index contributed by atoms with van der Waals surface area (Å²) < 4.78 is 7.94. The van der Waals surface area contributed by atoms with Crippen molar-refractivity contribution < 1.29 is 9.53 Å². The molecular weight excluding hydrogens is 496 g/mol. The molecule has 188 valence electrons. The highest BCUT2D eigenvalue weighted by Gasteiger charge is 2.15. The van der Waals surface area contributed by atoms with Crippen LogP contribution in [-0.4, -0.2) is 10.5 Å². The Hall–Kier alpha value is -4.78. The molecule has 0 aliphatic carbocycles. The molecule has 4 aromatic rings. The molecule has 0 unspecified atom stereocenters. The van der Waals surface area contributed by atoms with Crippen molar-refractivity contribution in [2.45, 2.75) is 27.4 Å². The summed E-state index contributed by atoms with van der Waals surface area (Å²) in [5.41, 5.74) is 6.24. The Morgan fingerprint density at radius 3 is 2.47 bits per heavy atom. The van der Waals surface area contributed by atoms with Gasteiger partial charge in [0.2, 0.25) is 0 Å². The number of aromatic nitrogens is 1. The molecule has 1 aromatic heterocycles. The van der Waals surface area contributed by atoms with Crippen molar-refractivity contribution >= 4 is 29.3 Å². The Morgan fingerprint density at radius 2 is 1.76 bits per heavy atom. The molecule has 7 heteroatoms. The van der Waals surface area contributed by atoms with Gasteiger partial charge in [-0.05, 0) is 86.5 Å². The van der Waals surface area contributed by atoms with Crippen LogP contribution in [0.4, 0.5) is 5.69 Å². The predicted molar refractivity (Wildman–Crippen MR) is 149 cm³/mol. The summed E-state index contributed by atoms with van der Waals surface area (Å²) in [6.07, 6.45) is 1.60. The molecule has 0 saturated heterocycles. The third-order valence-corrected chi connectivity index (χ3v) is 6.69. The number of nitrogens with one attached hydrogen (secondary N) is 1. The Kier molecular flexibility index (Phi) is 7.97. The van der Waals surface area contributed by atoms with Gasteiger partial charge >= 0.3 is 0 Å². The number of halogens is 1. The van der Waals surface area contributed by atoms with Crippen LogP contribution in [0.3, 0.4) is 0 Å². The lowest BCUT2D eigenvalue weighted by molar-refractivity contribution is -0.112. The molecule has 38 heavy (non-hydrogen) atoms. The first-order chi connectivity index (χ1) is 18.3. The fraction of sp³-hybridized carbons (Fsp3) is 0.129. The van der Waals surface area contributed by atoms with E-state index >= 15 is 0 Å². The minimum Gasteiger partial charge on any atom is -0.489 e. The second kappa shape index (κ2) is 11.5. The molecule has 0 bridgehead atoms. The number of ether oxygens (including phenoxy) is 1. The van der Waals surface area contributed by atoms with Gasteiger partial charge in [-0.3, -0.25) is 4.79 Å². The van der Waals surface area contributed by atoms with E-state index in [4.69, 9.17) is 16.3 Å². The van der Waals surface area contributed by atoms with Crippen LogP contribution in [0.2, 0.25) is 5.02 Å². The Labute approximate surface area is 227 Å². The van der Waals surface area contributed by atoms with Crippen molar-refractivity contribution in [3.8, 4) is 23.6 Å². The summed E-state index contributed by atoms with van der Waals surface area (Å²) >= 11 is 6.15. The average Bonchev–Trinajstić information content (AvgIpc) is 3.21. The number of nitriles is 2. The summed E-state index contributed by atoms with van der Waals surface area (Å²) in [5.74, 6) is 0.186. The van der Waals surface area contributed by atoms with Gasteiger partial charge in [-0.1, -0.05) is 35.9 Å². The molecule has 0 aliphatic rings. The standard InChI is InChI=1S/C31H25ClN4O2/c1-20-15-25(16-26(18-34)31(37)35-30-10-6-9-29(32)21(30)2)22(3)36(20)27-11-13-28(14-12-27)38-19-24-8-5-4-7-23(24)17-33/h4-16H,19H2,1-3H3,(H,35,37)/b26-16-. The van der Waals surface area contributed by atoms with Crippen LogP contribution in [0, 0.1) is 43.4 Å². The molecule has 1 N–H and O–H groups in total. The van der Waals surface area contributed by atoms with Gasteiger partial charge in [-0.25, -0.2) is 0 Å². The number of amides is 1. The van der Waals surface area contributed by atoms with Gasteiger partial charge in [0.15, 0.2) is 0 Å². The third-order valence-electron chi connectivity index (χ3n) is 6.28. The number of anilines is 1. The maximum absolute atomic E-state index is 12.8. The van der Waals surface area contributed by atoms with E-state index in [0.717, 1.165) is 33.8 Å². The van der Waals surface area contributed by atoms with Crippen LogP contribution in [0.1, 0.15) is 33.6 Å². The molecule has 0 fully saturated rings. The topological polar surface area (TPSA) is 90.8 Å². The van der Waals surface area contributed by atoms with Gasteiger partial charge in [-0.15, -0.1) is 0 Å². The lowest BCUT2D eigenvalue weighted by atomic mass is 10.1. The summed E-state index contributed by atoms with van der Waals surface area (Å²) in [4.78, 5) is 12.8. The van der Waals surface area contributed by atoms with Crippen LogP contribution in [0.15, 0.2) is 78.4 Å². The monoisotopic (exact) mass is 520 g/mol. The molecule has 0 saturated carbocycles. The Morgan fingerprint density at radius 1 is 1.03 bits per heavy atom. The second-order valence-electron chi connectivity index (χ2n) is 8.75. The number of rotatable bonds is 7. The first-order valence-electron chi connectivity index (χ1n) is 11.9. The normalized spacial score (nSPS) is 10.9. The van der Waals surface area contributed by atoms with E-state index in [2.05, 4.69) is 16.0 Å². The van der Waals surface area contributed by atoms with E-state index < -0.39 is 5.91 Å². The van der Waals surface area contributed by atoms with Gasteiger partial charge in [0, 0.05) is 33.3 Å². The van der Waals surface area contributed by atoms with E-state index in [-0.39, 0.29) is 5.57 Å². The molecule has 0 atom stereocenters. The maximum atomic E-state index is 12.8. The summed E-state index contributed by atoms with van der Waals surface area (Å²) in [5, 5.41) is 22.3. The summed E-state index contributed by atoms with van der Waals surface area (Å²) in [6, 6.07) is 26.4. The van der Waals surface area contributed by atoms with E-state index in [1.807, 2.05) is 75.4 Å². The number of aryl methyl sites for hydroxylation is 1. The smallest absolute Gasteiger partial charge is 0.266 e. The van der Waals surface area contributed by atoms with Crippen LogP contribution in [-0.2, 0) is 11.4 Å². The van der Waals surface area contributed by atoms with Gasteiger partial charge in [0.1, 0.15) is 24.0 Å². The van der Waals surface area contributed by atoms with Crippen molar-refractivity contribution in [3.63, 3.8) is 0 Å². The first-order valence-corrected chi connectivity index (χ1v) is 12.3. The Bertz CT molecular complexity index is 1620. The van der Waals surface area contributed by atoms with Crippen molar-refractivity contribution in [3.05, 3.63) is 117 Å². The highest BCUT2D eigenvalue weighted by atomic mass is 35.5. The molecule has 0 spiro atoms. The Balaban J connectivity index is 1.53. The van der Waals surface area contributed by atoms with E-state index in [9.17, 15) is 15.3 Å². The van der Waals surface area contributed by atoms with Crippen LogP contribution in [0.25, 0.3) is 11.8 Å². The number of hydrogen-bond donors (Lipinski definition) is 1. The zero-order valence-electron chi connectivity index (χ0n) is 21.2. The molecule has 0 radical (unpaired) electrons. The van der Waals surface area contributed by atoms with Crippen LogP contribution >= 0.6 is 11.6 Å². The minimum absolute atomic E-state index is 0.00831. The number of hydrogen-bond acceptors (Lipinski definition) is 4. The quantitative estimate of drug-likeness (QED) is 0.209. The van der Waals surface area contributed by atoms with E-state index in [1.54, 1.807) is 30.3 Å². The van der Waals surface area contributed by atoms with E-state index in [1.165, 1.54) is 0 Å². The molecule has 0 aliphatic heterocycles. The van der Waals surface area contributed by atoms with Crippen LogP contribution < -0.4 is 10.1 Å². The lowest BCUT2D eigenvalue weighted by Gasteiger charge is -2.12. The fourth-order valence-corrected chi connectivity index (χ4v) is 4.35. The van der Waals surface area contributed by atoms with E-state index in [0.29, 0.717) is 28.6 Å². The zero-order chi connectivity index (χ0) is 27.2. The number of nitrogens with zero attached hydrogens (tertiary/aromatic N) is 3. The van der Waals surface area contributed by atoms with Crippen LogP contribution in [0.5, 0.6) is 5.75 Å². The maximum Gasteiger partial charge on any atom is 0.266 e. The van der Waals surface area contributed by atoms with Gasteiger partial charge < -0.3 is 14.6 Å². The molecule has 1 amide bonds. The molecule has 4 rings (SSSR count). The van der Waals surface area contributed by atoms with Gasteiger partial charge in [-0.2, -0.15) is 10.5 Å². The highest BCUT2D eigenvalue weighted by Crippen LogP contribution is 2.26. The molecule has 3 aromatic carbocycles. The largest absolute Gasteiger partial charge is 0.489 e. The predicted octanol–water partition coefficient (Wildman–Crippen LogP) is 7.05. The van der Waals surface area contributed by atoms with Gasteiger partial charge in [0.25, 0.3) is 5.91 Å². The molecule has 6 nitrogen and oxygen atoms in total. The average molecular weight is 521 g/mol. The molecule has 1 heterocycles. The SMILES string of the molecule is Cc1c(Cl)cccc1NC(=O)/C(C#N)=C\c1cc(C)n(-c2ccc(OCc3ccccc3C#N)cc2)c1C.